The Bertz CT molecular complexity index is 1530. The molecule has 2 amide bonds. The van der Waals surface area contributed by atoms with Crippen molar-refractivity contribution >= 4 is 39.9 Å². The second kappa shape index (κ2) is 10.1. The molecule has 0 aliphatic heterocycles. The summed E-state index contributed by atoms with van der Waals surface area (Å²) in [4.78, 5) is 31.7. The van der Waals surface area contributed by atoms with E-state index in [1.54, 1.807) is 35.7 Å². The van der Waals surface area contributed by atoms with E-state index in [4.69, 9.17) is 0 Å². The smallest absolute Gasteiger partial charge is 0.255 e. The van der Waals surface area contributed by atoms with Gasteiger partial charge in [0.1, 0.15) is 0 Å². The topological polar surface area (TPSA) is 88.9 Å². The van der Waals surface area contributed by atoms with Crippen molar-refractivity contribution in [1.82, 2.24) is 20.1 Å². The molecule has 180 valence electrons. The van der Waals surface area contributed by atoms with E-state index >= 15 is 0 Å². The molecule has 0 aliphatic rings. The molecule has 0 saturated carbocycles. The van der Waals surface area contributed by atoms with Crippen LogP contribution in [0, 0.1) is 6.92 Å². The van der Waals surface area contributed by atoms with E-state index in [-0.39, 0.29) is 17.9 Å². The highest BCUT2D eigenvalue weighted by Gasteiger charge is 2.19. The number of carbonyl (C=O) groups excluding carboxylic acids is 2. The summed E-state index contributed by atoms with van der Waals surface area (Å²) in [5.41, 5.74) is 4.10. The Balaban J connectivity index is 1.34. The van der Waals surface area contributed by atoms with Crippen LogP contribution in [0.4, 0.5) is 5.69 Å². The molecule has 0 spiro atoms. The molecule has 0 aliphatic carbocycles. The first-order valence-electron chi connectivity index (χ1n) is 11.6. The number of fused-ring (bicyclic) bond motifs is 1. The van der Waals surface area contributed by atoms with E-state index in [1.165, 1.54) is 4.88 Å². The van der Waals surface area contributed by atoms with E-state index < -0.39 is 0 Å². The van der Waals surface area contributed by atoms with Crippen molar-refractivity contribution < 1.29 is 9.59 Å². The molecule has 5 aromatic rings. The third-order valence-electron chi connectivity index (χ3n) is 5.90. The Hall–Kier alpha value is -4.30. The van der Waals surface area contributed by atoms with Gasteiger partial charge in [0.25, 0.3) is 11.8 Å². The average molecular weight is 496 g/mol. The van der Waals surface area contributed by atoms with Crippen LogP contribution in [0.25, 0.3) is 11.0 Å². The summed E-state index contributed by atoms with van der Waals surface area (Å²) in [7, 11) is 0. The van der Waals surface area contributed by atoms with Gasteiger partial charge in [0, 0.05) is 21.8 Å². The van der Waals surface area contributed by atoms with Gasteiger partial charge in [-0.15, -0.1) is 11.3 Å². The zero-order valence-corrected chi connectivity index (χ0v) is 20.8. The maximum Gasteiger partial charge on any atom is 0.255 e. The van der Waals surface area contributed by atoms with E-state index in [9.17, 15) is 9.59 Å². The van der Waals surface area contributed by atoms with Crippen molar-refractivity contribution in [3.05, 3.63) is 112 Å². The predicted octanol–water partition coefficient (Wildman–Crippen LogP) is 5.59. The fourth-order valence-electron chi connectivity index (χ4n) is 4.06. The van der Waals surface area contributed by atoms with Gasteiger partial charge in [-0.25, -0.2) is 9.67 Å². The summed E-state index contributed by atoms with van der Waals surface area (Å²) in [6.07, 6.45) is 1.70. The number of amides is 2. The second-order valence-electron chi connectivity index (χ2n) is 8.57. The molecule has 0 saturated heterocycles. The molecule has 3 aromatic heterocycles. The van der Waals surface area contributed by atoms with Crippen LogP contribution in [0.1, 0.15) is 49.8 Å². The average Bonchev–Trinajstić information content (AvgIpc) is 3.55. The summed E-state index contributed by atoms with van der Waals surface area (Å²) in [5, 5.41) is 13.2. The fraction of sp³-hybridized carbons (Fsp3) is 0.143. The Morgan fingerprint density at radius 1 is 1.00 bits per heavy atom. The van der Waals surface area contributed by atoms with Gasteiger partial charge in [0.2, 0.25) is 0 Å². The quantitative estimate of drug-likeness (QED) is 0.308. The molecule has 2 aromatic carbocycles. The zero-order valence-electron chi connectivity index (χ0n) is 19.9. The van der Waals surface area contributed by atoms with Crippen molar-refractivity contribution in [2.45, 2.75) is 26.4 Å². The first kappa shape index (κ1) is 23.4. The number of nitrogens with zero attached hydrogens (tertiary/aromatic N) is 3. The van der Waals surface area contributed by atoms with E-state index in [1.807, 2.05) is 72.4 Å². The third kappa shape index (κ3) is 5.04. The highest BCUT2D eigenvalue weighted by molar-refractivity contribution is 7.09. The van der Waals surface area contributed by atoms with Crippen LogP contribution in [0.5, 0.6) is 0 Å². The zero-order chi connectivity index (χ0) is 25.1. The maximum atomic E-state index is 13.3. The van der Waals surface area contributed by atoms with Crippen LogP contribution in [-0.4, -0.2) is 26.6 Å². The summed E-state index contributed by atoms with van der Waals surface area (Å²) in [6.45, 7) is 4.40. The third-order valence-corrected chi connectivity index (χ3v) is 6.76. The Kier molecular flexibility index (Phi) is 6.60. The molecular weight excluding hydrogens is 470 g/mol. The lowest BCUT2D eigenvalue weighted by molar-refractivity contribution is 0.0940. The molecule has 0 bridgehead atoms. The number of carbonyl (C=O) groups is 2. The SMILES string of the molecule is Cc1cc(C(=O)NC(C)c2cccc(NC(=O)c3ccccc3)c2)c2cnn(Cc3cccs3)c2n1. The van der Waals surface area contributed by atoms with Crippen molar-refractivity contribution in [1.29, 1.82) is 0 Å². The van der Waals surface area contributed by atoms with Crippen LogP contribution in [-0.2, 0) is 6.54 Å². The van der Waals surface area contributed by atoms with Gasteiger partial charge in [-0.05, 0) is 61.2 Å². The number of nitrogens with one attached hydrogen (secondary N) is 2. The van der Waals surface area contributed by atoms with Gasteiger partial charge in [-0.3, -0.25) is 9.59 Å². The van der Waals surface area contributed by atoms with E-state index in [0.29, 0.717) is 34.4 Å². The first-order valence-corrected chi connectivity index (χ1v) is 12.5. The molecule has 1 atom stereocenters. The summed E-state index contributed by atoms with van der Waals surface area (Å²) in [6, 6.07) is 22.1. The minimum Gasteiger partial charge on any atom is -0.345 e. The molecule has 2 N–H and O–H groups in total. The van der Waals surface area contributed by atoms with Crippen LogP contribution in [0.3, 0.4) is 0 Å². The number of aryl methyl sites for hydroxylation is 1. The maximum absolute atomic E-state index is 13.3. The van der Waals surface area contributed by atoms with Gasteiger partial charge >= 0.3 is 0 Å². The molecule has 0 fully saturated rings. The molecule has 7 nitrogen and oxygen atoms in total. The number of hydrogen-bond acceptors (Lipinski definition) is 5. The highest BCUT2D eigenvalue weighted by atomic mass is 32.1. The standard InChI is InChI=1S/C28H25N5O2S/c1-18-14-24(25-16-29-33(26(25)30-18)17-23-12-7-13-36-23)28(35)31-19(2)21-10-6-11-22(15-21)32-27(34)20-8-4-3-5-9-20/h3-16,19H,17H2,1-2H3,(H,31,35)(H,32,34). The minimum atomic E-state index is -0.282. The Morgan fingerprint density at radius 3 is 2.61 bits per heavy atom. The number of anilines is 1. The number of hydrogen-bond donors (Lipinski definition) is 2. The summed E-state index contributed by atoms with van der Waals surface area (Å²) < 4.78 is 1.83. The molecule has 3 heterocycles. The molecule has 5 rings (SSSR count). The molecule has 36 heavy (non-hydrogen) atoms. The molecule has 8 heteroatoms. The number of thiophene rings is 1. The molecule has 1 unspecified atom stereocenters. The number of pyridine rings is 1. The first-order chi connectivity index (χ1) is 17.5. The lowest BCUT2D eigenvalue weighted by Crippen LogP contribution is -2.27. The van der Waals surface area contributed by atoms with Crippen LogP contribution < -0.4 is 10.6 Å². The second-order valence-corrected chi connectivity index (χ2v) is 9.60. The Labute approximate surface area is 212 Å². The van der Waals surface area contributed by atoms with Crippen molar-refractivity contribution in [2.75, 3.05) is 5.32 Å². The number of aromatic nitrogens is 3. The van der Waals surface area contributed by atoms with Crippen LogP contribution >= 0.6 is 11.3 Å². The highest BCUT2D eigenvalue weighted by Crippen LogP contribution is 2.23. The van der Waals surface area contributed by atoms with E-state index in [2.05, 4.69) is 26.8 Å². The van der Waals surface area contributed by atoms with Crippen molar-refractivity contribution in [2.24, 2.45) is 0 Å². The van der Waals surface area contributed by atoms with Crippen molar-refractivity contribution in [3.63, 3.8) is 0 Å². The van der Waals surface area contributed by atoms with Gasteiger partial charge < -0.3 is 10.6 Å². The lowest BCUT2D eigenvalue weighted by atomic mass is 10.1. The van der Waals surface area contributed by atoms with Gasteiger partial charge in [-0.2, -0.15) is 5.10 Å². The normalized spacial score (nSPS) is 11.8. The van der Waals surface area contributed by atoms with Gasteiger partial charge in [0.05, 0.1) is 29.7 Å². The van der Waals surface area contributed by atoms with Gasteiger partial charge in [-0.1, -0.05) is 36.4 Å². The molecular formula is C28H25N5O2S. The monoisotopic (exact) mass is 495 g/mol. The largest absolute Gasteiger partial charge is 0.345 e. The Morgan fingerprint density at radius 2 is 1.83 bits per heavy atom. The fourth-order valence-corrected chi connectivity index (χ4v) is 4.75. The number of rotatable bonds is 7. The van der Waals surface area contributed by atoms with Crippen LogP contribution in [0.15, 0.2) is 84.4 Å². The lowest BCUT2D eigenvalue weighted by Gasteiger charge is -2.16. The summed E-state index contributed by atoms with van der Waals surface area (Å²) in [5.74, 6) is -0.383. The van der Waals surface area contributed by atoms with Crippen molar-refractivity contribution in [3.8, 4) is 0 Å². The number of benzene rings is 2. The van der Waals surface area contributed by atoms with Crippen LogP contribution in [0.2, 0.25) is 0 Å². The van der Waals surface area contributed by atoms with E-state index in [0.717, 1.165) is 11.3 Å². The summed E-state index contributed by atoms with van der Waals surface area (Å²) >= 11 is 1.66. The van der Waals surface area contributed by atoms with Gasteiger partial charge in [0.15, 0.2) is 5.65 Å². The molecule has 0 radical (unpaired) electrons. The predicted molar refractivity (Wildman–Crippen MR) is 142 cm³/mol. The minimum absolute atomic E-state index is 0.182.